The Balaban J connectivity index is 0.000000671. The van der Waals surface area contributed by atoms with Gasteiger partial charge < -0.3 is 0 Å². The van der Waals surface area contributed by atoms with Crippen LogP contribution >= 0.6 is 0 Å². The maximum atomic E-state index is 12.6. The van der Waals surface area contributed by atoms with Crippen molar-refractivity contribution < 1.29 is 8.78 Å². The summed E-state index contributed by atoms with van der Waals surface area (Å²) in [5.41, 5.74) is 0. The van der Waals surface area contributed by atoms with Crippen LogP contribution in [0.5, 0.6) is 0 Å². The van der Waals surface area contributed by atoms with E-state index in [9.17, 15) is 8.78 Å². The Kier molecular flexibility index (Phi) is 5.19. The average Bonchev–Trinajstić information content (AvgIpc) is 2.07. The zero-order chi connectivity index (χ0) is 10.5. The van der Waals surface area contributed by atoms with Crippen molar-refractivity contribution in [2.75, 3.05) is 0 Å². The molecule has 2 heteroatoms. The summed E-state index contributed by atoms with van der Waals surface area (Å²) in [4.78, 5) is 0. The van der Waals surface area contributed by atoms with Crippen LogP contribution in [0.15, 0.2) is 12.2 Å². The molecule has 1 atom stereocenters. The highest BCUT2D eigenvalue weighted by atomic mass is 19.3. The monoisotopic (exact) mass is 190 g/mol. The van der Waals surface area contributed by atoms with Gasteiger partial charge in [-0.05, 0) is 24.3 Å². The van der Waals surface area contributed by atoms with Crippen LogP contribution in [0.2, 0.25) is 0 Å². The van der Waals surface area contributed by atoms with Crippen LogP contribution in [-0.4, -0.2) is 5.92 Å². The second-order valence-corrected chi connectivity index (χ2v) is 3.57. The molecule has 0 aromatic heterocycles. The SMILES string of the molecule is CC.CC(C)C1C=CC(F)(F)CC1. The molecule has 1 aliphatic carbocycles. The van der Waals surface area contributed by atoms with Crippen molar-refractivity contribution in [1.29, 1.82) is 0 Å². The molecule has 0 N–H and O–H groups in total. The number of hydrogen-bond acceptors (Lipinski definition) is 0. The molecule has 1 rings (SSSR count). The summed E-state index contributed by atoms with van der Waals surface area (Å²) in [5.74, 6) is -1.69. The Morgan fingerprint density at radius 2 is 1.85 bits per heavy atom. The van der Waals surface area contributed by atoms with E-state index < -0.39 is 5.92 Å². The molecule has 1 aliphatic rings. The summed E-state index contributed by atoms with van der Waals surface area (Å²) in [5, 5.41) is 0. The second-order valence-electron chi connectivity index (χ2n) is 3.57. The first kappa shape index (κ1) is 12.6. The molecule has 0 aromatic carbocycles. The van der Waals surface area contributed by atoms with Gasteiger partial charge in [0.15, 0.2) is 0 Å². The average molecular weight is 190 g/mol. The molecule has 0 saturated heterocycles. The smallest absolute Gasteiger partial charge is 0.202 e. The first-order chi connectivity index (χ1) is 6.01. The van der Waals surface area contributed by atoms with E-state index in [1.807, 2.05) is 13.8 Å². The van der Waals surface area contributed by atoms with Gasteiger partial charge in [0.2, 0.25) is 0 Å². The van der Waals surface area contributed by atoms with Crippen molar-refractivity contribution in [3.8, 4) is 0 Å². The van der Waals surface area contributed by atoms with E-state index in [-0.39, 0.29) is 6.42 Å². The highest BCUT2D eigenvalue weighted by molar-refractivity contribution is 5.03. The minimum atomic E-state index is -2.54. The van der Waals surface area contributed by atoms with E-state index in [1.165, 1.54) is 0 Å². The first-order valence-corrected chi connectivity index (χ1v) is 5.08. The van der Waals surface area contributed by atoms with Gasteiger partial charge in [-0.15, -0.1) is 0 Å². The number of allylic oxidation sites excluding steroid dienone is 2. The molecule has 0 heterocycles. The fourth-order valence-electron chi connectivity index (χ4n) is 1.36. The molecule has 0 aromatic rings. The molecular weight excluding hydrogens is 170 g/mol. The maximum absolute atomic E-state index is 12.6. The third-order valence-corrected chi connectivity index (χ3v) is 2.25. The Morgan fingerprint density at radius 1 is 1.31 bits per heavy atom. The van der Waals surface area contributed by atoms with Gasteiger partial charge in [-0.25, -0.2) is 8.78 Å². The zero-order valence-corrected chi connectivity index (χ0v) is 8.98. The van der Waals surface area contributed by atoms with Gasteiger partial charge in [0.05, 0.1) is 0 Å². The number of hydrogen-bond donors (Lipinski definition) is 0. The molecule has 0 aliphatic heterocycles. The number of rotatable bonds is 1. The minimum Gasteiger partial charge on any atom is -0.202 e. The Morgan fingerprint density at radius 3 is 2.15 bits per heavy atom. The van der Waals surface area contributed by atoms with Gasteiger partial charge in [-0.1, -0.05) is 33.8 Å². The van der Waals surface area contributed by atoms with Crippen LogP contribution in [0.3, 0.4) is 0 Å². The lowest BCUT2D eigenvalue weighted by molar-refractivity contribution is 0.0305. The van der Waals surface area contributed by atoms with Gasteiger partial charge in [-0.3, -0.25) is 0 Å². The summed E-state index contributed by atoms with van der Waals surface area (Å²) >= 11 is 0. The van der Waals surface area contributed by atoms with Crippen molar-refractivity contribution in [1.82, 2.24) is 0 Å². The Bertz CT molecular complexity index is 159. The first-order valence-electron chi connectivity index (χ1n) is 5.08. The van der Waals surface area contributed by atoms with E-state index in [0.29, 0.717) is 18.3 Å². The summed E-state index contributed by atoms with van der Waals surface area (Å²) in [6.45, 7) is 8.14. The third kappa shape index (κ3) is 4.39. The highest BCUT2D eigenvalue weighted by Gasteiger charge is 2.30. The summed E-state index contributed by atoms with van der Waals surface area (Å²) in [6.07, 6.45) is 3.36. The van der Waals surface area contributed by atoms with Crippen LogP contribution in [0.1, 0.15) is 40.5 Å². The standard InChI is InChI=1S/C9H14F2.C2H6/c1-7(2)8-3-5-9(10,11)6-4-8;1-2/h3,5,7-8H,4,6H2,1-2H3;1-2H3. The molecule has 78 valence electrons. The predicted molar refractivity (Wildman–Crippen MR) is 53.0 cm³/mol. The molecule has 0 fully saturated rings. The van der Waals surface area contributed by atoms with Gasteiger partial charge in [0.25, 0.3) is 5.92 Å². The van der Waals surface area contributed by atoms with Crippen molar-refractivity contribution in [2.45, 2.75) is 46.5 Å². The van der Waals surface area contributed by atoms with Crippen molar-refractivity contribution in [3.05, 3.63) is 12.2 Å². The lowest BCUT2D eigenvalue weighted by Crippen LogP contribution is -2.21. The van der Waals surface area contributed by atoms with E-state index >= 15 is 0 Å². The molecule has 0 nitrogen and oxygen atoms in total. The molecule has 1 unspecified atom stereocenters. The van der Waals surface area contributed by atoms with Crippen molar-refractivity contribution >= 4 is 0 Å². The maximum Gasteiger partial charge on any atom is 0.266 e. The highest BCUT2D eigenvalue weighted by Crippen LogP contribution is 2.33. The van der Waals surface area contributed by atoms with E-state index in [2.05, 4.69) is 13.8 Å². The van der Waals surface area contributed by atoms with Gasteiger partial charge >= 0.3 is 0 Å². The molecule has 0 saturated carbocycles. The zero-order valence-electron chi connectivity index (χ0n) is 8.98. The molecule has 13 heavy (non-hydrogen) atoms. The third-order valence-electron chi connectivity index (χ3n) is 2.25. The van der Waals surface area contributed by atoms with E-state index in [4.69, 9.17) is 0 Å². The summed E-state index contributed by atoms with van der Waals surface area (Å²) in [6, 6.07) is 0. The van der Waals surface area contributed by atoms with Crippen LogP contribution in [0.4, 0.5) is 8.78 Å². The van der Waals surface area contributed by atoms with E-state index in [0.717, 1.165) is 6.08 Å². The van der Waals surface area contributed by atoms with Crippen molar-refractivity contribution in [2.24, 2.45) is 11.8 Å². The molecule has 0 spiro atoms. The fourth-order valence-corrected chi connectivity index (χ4v) is 1.36. The minimum absolute atomic E-state index is 0.0202. The van der Waals surface area contributed by atoms with Crippen LogP contribution in [-0.2, 0) is 0 Å². The van der Waals surface area contributed by atoms with Crippen LogP contribution in [0.25, 0.3) is 0 Å². The largest absolute Gasteiger partial charge is 0.266 e. The van der Waals surface area contributed by atoms with Crippen LogP contribution in [0, 0.1) is 11.8 Å². The molecular formula is C11H20F2. The van der Waals surface area contributed by atoms with Gasteiger partial charge in [0.1, 0.15) is 0 Å². The molecule has 0 bridgehead atoms. The van der Waals surface area contributed by atoms with Crippen LogP contribution < -0.4 is 0 Å². The normalized spacial score (nSPS) is 25.3. The second kappa shape index (κ2) is 5.36. The number of halogens is 2. The quantitative estimate of drug-likeness (QED) is 0.542. The lowest BCUT2D eigenvalue weighted by atomic mass is 9.85. The molecule has 0 radical (unpaired) electrons. The molecule has 0 amide bonds. The Labute approximate surface area is 80.0 Å². The van der Waals surface area contributed by atoms with Crippen molar-refractivity contribution in [3.63, 3.8) is 0 Å². The fraction of sp³-hybridized carbons (Fsp3) is 0.818. The Hall–Kier alpha value is -0.400. The summed E-state index contributed by atoms with van der Waals surface area (Å²) in [7, 11) is 0. The lowest BCUT2D eigenvalue weighted by Gasteiger charge is -2.24. The topological polar surface area (TPSA) is 0 Å². The number of alkyl halides is 2. The summed E-state index contributed by atoms with van der Waals surface area (Å²) < 4.78 is 25.1. The van der Waals surface area contributed by atoms with Gasteiger partial charge in [-0.2, -0.15) is 0 Å². The van der Waals surface area contributed by atoms with Gasteiger partial charge in [0, 0.05) is 6.42 Å². The van der Waals surface area contributed by atoms with E-state index in [1.54, 1.807) is 6.08 Å². The predicted octanol–water partition coefficient (Wildman–Crippen LogP) is 4.27.